The summed E-state index contributed by atoms with van der Waals surface area (Å²) >= 11 is 1.70. The summed E-state index contributed by atoms with van der Waals surface area (Å²) in [6.45, 7) is 4.71. The zero-order chi connectivity index (χ0) is 17.6. The standard InChI is InChI=1S/C17H21N5O2S/c1-2-11-9-12-13(19-10-20-14(12)25-11)21-5-7-22(8-6-21)16(24)17(3-4-17)15(18)23/h9-10H,2-8H2,1H3,(H2,18,23). The van der Waals surface area contributed by atoms with Crippen molar-refractivity contribution in [2.75, 3.05) is 31.1 Å². The molecule has 2 aromatic rings. The van der Waals surface area contributed by atoms with Crippen LogP contribution < -0.4 is 10.6 Å². The molecule has 0 atom stereocenters. The molecule has 7 nitrogen and oxygen atoms in total. The maximum atomic E-state index is 12.6. The van der Waals surface area contributed by atoms with Crippen LogP contribution in [0.3, 0.4) is 0 Å². The lowest BCUT2D eigenvalue weighted by Crippen LogP contribution is -2.53. The van der Waals surface area contributed by atoms with E-state index in [4.69, 9.17) is 5.73 Å². The third-order valence-corrected chi connectivity index (χ3v) is 6.39. The number of fused-ring (bicyclic) bond motifs is 1. The number of hydrogen-bond acceptors (Lipinski definition) is 6. The Morgan fingerprint density at radius 1 is 1.24 bits per heavy atom. The molecular formula is C17H21N5O2S. The van der Waals surface area contributed by atoms with Crippen LogP contribution >= 0.6 is 11.3 Å². The number of nitrogens with two attached hydrogens (primary N) is 1. The van der Waals surface area contributed by atoms with Crippen molar-refractivity contribution in [2.24, 2.45) is 11.1 Å². The van der Waals surface area contributed by atoms with E-state index in [9.17, 15) is 9.59 Å². The largest absolute Gasteiger partial charge is 0.369 e. The molecule has 2 fully saturated rings. The van der Waals surface area contributed by atoms with Crippen molar-refractivity contribution in [3.8, 4) is 0 Å². The summed E-state index contributed by atoms with van der Waals surface area (Å²) in [6, 6.07) is 2.17. The first-order chi connectivity index (χ1) is 12.0. The molecule has 1 aliphatic heterocycles. The van der Waals surface area contributed by atoms with Gasteiger partial charge in [0.25, 0.3) is 0 Å². The molecule has 3 heterocycles. The fourth-order valence-corrected chi connectivity index (χ4v) is 4.36. The van der Waals surface area contributed by atoms with Crippen molar-refractivity contribution in [2.45, 2.75) is 26.2 Å². The lowest BCUT2D eigenvalue weighted by atomic mass is 10.0. The van der Waals surface area contributed by atoms with Gasteiger partial charge < -0.3 is 15.5 Å². The Labute approximate surface area is 149 Å². The molecule has 0 aromatic carbocycles. The Balaban J connectivity index is 1.50. The SMILES string of the molecule is CCc1cc2c(N3CCN(C(=O)C4(C(N)=O)CC4)CC3)ncnc2s1. The van der Waals surface area contributed by atoms with Gasteiger partial charge in [-0.2, -0.15) is 0 Å². The van der Waals surface area contributed by atoms with Gasteiger partial charge in [-0.15, -0.1) is 11.3 Å². The van der Waals surface area contributed by atoms with Crippen LogP contribution in [-0.4, -0.2) is 52.9 Å². The normalized spacial score (nSPS) is 19.2. The number of amides is 2. The lowest BCUT2D eigenvalue weighted by molar-refractivity contribution is -0.143. The number of hydrogen-bond donors (Lipinski definition) is 1. The molecule has 25 heavy (non-hydrogen) atoms. The van der Waals surface area contributed by atoms with Crippen molar-refractivity contribution in [1.29, 1.82) is 0 Å². The van der Waals surface area contributed by atoms with Crippen molar-refractivity contribution < 1.29 is 9.59 Å². The number of primary amides is 1. The number of anilines is 1. The van der Waals surface area contributed by atoms with Crippen molar-refractivity contribution in [3.63, 3.8) is 0 Å². The monoisotopic (exact) mass is 359 g/mol. The number of rotatable bonds is 4. The Bertz CT molecular complexity index is 837. The van der Waals surface area contributed by atoms with Crippen LogP contribution in [0.4, 0.5) is 5.82 Å². The average Bonchev–Trinajstić information content (AvgIpc) is 3.34. The summed E-state index contributed by atoms with van der Waals surface area (Å²) in [4.78, 5) is 39.3. The molecule has 132 valence electrons. The molecule has 1 aliphatic carbocycles. The van der Waals surface area contributed by atoms with E-state index < -0.39 is 11.3 Å². The van der Waals surface area contributed by atoms with Crippen molar-refractivity contribution >= 4 is 39.2 Å². The summed E-state index contributed by atoms with van der Waals surface area (Å²) in [7, 11) is 0. The van der Waals surface area contributed by atoms with Gasteiger partial charge in [-0.25, -0.2) is 9.97 Å². The second-order valence-electron chi connectivity index (χ2n) is 6.71. The maximum Gasteiger partial charge on any atom is 0.238 e. The molecule has 1 saturated carbocycles. The van der Waals surface area contributed by atoms with Gasteiger partial charge in [0.2, 0.25) is 11.8 Å². The van der Waals surface area contributed by atoms with Crippen LogP contribution in [0.1, 0.15) is 24.6 Å². The summed E-state index contributed by atoms with van der Waals surface area (Å²) in [6.07, 6.45) is 3.76. The third-order valence-electron chi connectivity index (χ3n) is 5.21. The fourth-order valence-electron chi connectivity index (χ4n) is 3.43. The second kappa shape index (κ2) is 5.94. The van der Waals surface area contributed by atoms with Crippen LogP contribution in [0, 0.1) is 5.41 Å². The molecule has 8 heteroatoms. The van der Waals surface area contributed by atoms with Gasteiger partial charge in [-0.1, -0.05) is 6.92 Å². The molecule has 4 rings (SSSR count). The highest BCUT2D eigenvalue weighted by atomic mass is 32.1. The third kappa shape index (κ3) is 2.64. The maximum absolute atomic E-state index is 12.6. The highest BCUT2D eigenvalue weighted by molar-refractivity contribution is 7.18. The van der Waals surface area contributed by atoms with E-state index >= 15 is 0 Å². The first-order valence-corrected chi connectivity index (χ1v) is 9.44. The van der Waals surface area contributed by atoms with Crippen molar-refractivity contribution in [1.82, 2.24) is 14.9 Å². The first kappa shape index (κ1) is 16.3. The minimum absolute atomic E-state index is 0.101. The summed E-state index contributed by atoms with van der Waals surface area (Å²) < 4.78 is 0. The quantitative estimate of drug-likeness (QED) is 0.827. The lowest BCUT2D eigenvalue weighted by Gasteiger charge is -2.36. The van der Waals surface area contributed by atoms with Crippen LogP contribution in [0.15, 0.2) is 12.4 Å². The highest BCUT2D eigenvalue weighted by Gasteiger charge is 2.57. The van der Waals surface area contributed by atoms with Gasteiger partial charge in [-0.05, 0) is 25.3 Å². The van der Waals surface area contributed by atoms with Crippen LogP contribution in [0.25, 0.3) is 10.2 Å². The van der Waals surface area contributed by atoms with Gasteiger partial charge >= 0.3 is 0 Å². The predicted octanol–water partition coefficient (Wildman–Crippen LogP) is 1.17. The van der Waals surface area contributed by atoms with E-state index in [1.165, 1.54) is 4.88 Å². The van der Waals surface area contributed by atoms with Crippen LogP contribution in [-0.2, 0) is 16.0 Å². The first-order valence-electron chi connectivity index (χ1n) is 8.63. The summed E-state index contributed by atoms with van der Waals surface area (Å²) in [5, 5.41) is 1.08. The number of thiophene rings is 1. The Morgan fingerprint density at radius 2 is 1.96 bits per heavy atom. The number of aromatic nitrogens is 2. The molecule has 2 amide bonds. The molecule has 0 spiro atoms. The van der Waals surface area contributed by atoms with Crippen LogP contribution in [0.5, 0.6) is 0 Å². The van der Waals surface area contributed by atoms with Gasteiger partial charge in [-0.3, -0.25) is 9.59 Å². The van der Waals surface area contributed by atoms with Gasteiger partial charge in [0.1, 0.15) is 22.4 Å². The summed E-state index contributed by atoms with van der Waals surface area (Å²) in [5.41, 5.74) is 4.50. The van der Waals surface area contributed by atoms with E-state index in [1.54, 1.807) is 22.6 Å². The number of piperazine rings is 1. The van der Waals surface area contributed by atoms with Gasteiger partial charge in [0, 0.05) is 31.1 Å². The Hall–Kier alpha value is -2.22. The average molecular weight is 359 g/mol. The molecule has 2 N–H and O–H groups in total. The molecule has 1 saturated heterocycles. The van der Waals surface area contributed by atoms with E-state index in [1.807, 2.05) is 0 Å². The molecule has 0 radical (unpaired) electrons. The molecule has 2 aromatic heterocycles. The highest BCUT2D eigenvalue weighted by Crippen LogP contribution is 2.47. The molecule has 0 bridgehead atoms. The number of nitrogens with zero attached hydrogens (tertiary/aromatic N) is 4. The number of aryl methyl sites for hydroxylation is 1. The minimum atomic E-state index is -0.923. The minimum Gasteiger partial charge on any atom is -0.369 e. The van der Waals surface area contributed by atoms with E-state index in [2.05, 4.69) is 27.9 Å². The molecule has 2 aliphatic rings. The Morgan fingerprint density at radius 3 is 2.56 bits per heavy atom. The smallest absolute Gasteiger partial charge is 0.238 e. The van der Waals surface area contributed by atoms with Gasteiger partial charge in [0.15, 0.2) is 0 Å². The molecular weight excluding hydrogens is 338 g/mol. The molecule has 0 unspecified atom stereocenters. The topological polar surface area (TPSA) is 92.4 Å². The predicted molar refractivity (Wildman–Crippen MR) is 96.4 cm³/mol. The zero-order valence-electron chi connectivity index (χ0n) is 14.2. The zero-order valence-corrected chi connectivity index (χ0v) is 15.0. The fraction of sp³-hybridized carbons (Fsp3) is 0.529. The van der Waals surface area contributed by atoms with Crippen LogP contribution in [0.2, 0.25) is 0 Å². The van der Waals surface area contributed by atoms with Crippen molar-refractivity contribution in [3.05, 3.63) is 17.3 Å². The van der Waals surface area contributed by atoms with E-state index in [0.29, 0.717) is 39.0 Å². The Kier molecular flexibility index (Phi) is 3.87. The number of carbonyl (C=O) groups excluding carboxylic acids is 2. The van der Waals surface area contributed by atoms with Gasteiger partial charge in [0.05, 0.1) is 5.39 Å². The second-order valence-corrected chi connectivity index (χ2v) is 7.82. The van der Waals surface area contributed by atoms with E-state index in [0.717, 1.165) is 22.5 Å². The number of carbonyl (C=O) groups is 2. The van der Waals surface area contributed by atoms with E-state index in [-0.39, 0.29) is 5.91 Å². The summed E-state index contributed by atoms with van der Waals surface area (Å²) in [5.74, 6) is 0.350.